The van der Waals surface area contributed by atoms with Crippen LogP contribution in [0.2, 0.25) is 0 Å². The van der Waals surface area contributed by atoms with E-state index in [1.807, 2.05) is 30.3 Å². The third kappa shape index (κ3) is 5.13. The summed E-state index contributed by atoms with van der Waals surface area (Å²) in [5.74, 6) is 0. The number of rotatable bonds is 3. The average Bonchev–Trinajstić information content (AvgIpc) is 3.12. The Morgan fingerprint density at radius 2 is 1.83 bits per heavy atom. The number of hydrogen-bond acceptors (Lipinski definition) is 2. The SMILES string of the molecule is [Fe+2].c1cc[c-](CCc2cn[nH]n2)c1.c1cc[cH-]c1. The van der Waals surface area contributed by atoms with Crippen molar-refractivity contribution in [3.05, 3.63) is 72.1 Å². The average molecular weight is 281 g/mol. The molecular weight excluding hydrogens is 266 g/mol. The van der Waals surface area contributed by atoms with Gasteiger partial charge in [-0.1, -0.05) is 6.42 Å². The van der Waals surface area contributed by atoms with Gasteiger partial charge in [0.2, 0.25) is 0 Å². The molecule has 0 saturated heterocycles. The summed E-state index contributed by atoms with van der Waals surface area (Å²) in [6, 6.07) is 18.4. The van der Waals surface area contributed by atoms with Crippen LogP contribution in [0.25, 0.3) is 0 Å². The van der Waals surface area contributed by atoms with Crippen molar-refractivity contribution >= 4 is 0 Å². The first kappa shape index (κ1) is 14.4. The largest absolute Gasteiger partial charge is 2.00 e. The van der Waals surface area contributed by atoms with Gasteiger partial charge in [0.1, 0.15) is 0 Å². The third-order valence-electron chi connectivity index (χ3n) is 2.42. The van der Waals surface area contributed by atoms with Gasteiger partial charge in [0.25, 0.3) is 0 Å². The van der Waals surface area contributed by atoms with Crippen LogP contribution in [0.3, 0.4) is 0 Å². The number of aromatic nitrogens is 3. The van der Waals surface area contributed by atoms with E-state index in [0.29, 0.717) is 0 Å². The van der Waals surface area contributed by atoms with Crippen LogP contribution in [-0.4, -0.2) is 15.4 Å². The summed E-state index contributed by atoms with van der Waals surface area (Å²) >= 11 is 0. The normalized spacial score (nSPS) is 9.11. The van der Waals surface area contributed by atoms with Crippen LogP contribution in [0.15, 0.2) is 60.8 Å². The maximum atomic E-state index is 3.98. The molecule has 0 saturated carbocycles. The Kier molecular flexibility index (Phi) is 6.77. The Morgan fingerprint density at radius 1 is 1.11 bits per heavy atom. The summed E-state index contributed by atoms with van der Waals surface area (Å²) in [7, 11) is 0. The van der Waals surface area contributed by atoms with Crippen molar-refractivity contribution in [2.75, 3.05) is 0 Å². The van der Waals surface area contributed by atoms with Crippen molar-refractivity contribution in [1.29, 1.82) is 0 Å². The minimum atomic E-state index is 0. The molecule has 18 heavy (non-hydrogen) atoms. The van der Waals surface area contributed by atoms with Gasteiger partial charge in [-0.15, -0.1) is 0 Å². The molecule has 0 aliphatic heterocycles. The van der Waals surface area contributed by atoms with Crippen molar-refractivity contribution in [1.82, 2.24) is 15.4 Å². The van der Waals surface area contributed by atoms with Crippen LogP contribution < -0.4 is 0 Å². The van der Waals surface area contributed by atoms with E-state index in [4.69, 9.17) is 0 Å². The molecule has 3 nitrogen and oxygen atoms in total. The Labute approximate surface area is 117 Å². The molecule has 0 fully saturated rings. The van der Waals surface area contributed by atoms with Crippen LogP contribution >= 0.6 is 0 Å². The van der Waals surface area contributed by atoms with Crippen LogP contribution in [0.1, 0.15) is 11.3 Å². The summed E-state index contributed by atoms with van der Waals surface area (Å²) in [5, 5.41) is 10.3. The van der Waals surface area contributed by atoms with Crippen molar-refractivity contribution < 1.29 is 17.1 Å². The number of aryl methyl sites for hydroxylation is 2. The van der Waals surface area contributed by atoms with Gasteiger partial charge >= 0.3 is 17.1 Å². The van der Waals surface area contributed by atoms with Crippen molar-refractivity contribution in [2.24, 2.45) is 0 Å². The van der Waals surface area contributed by atoms with E-state index in [1.165, 1.54) is 5.56 Å². The zero-order chi connectivity index (χ0) is 11.8. The molecule has 0 atom stereocenters. The fraction of sp³-hybridized carbons (Fsp3) is 0.143. The molecule has 0 aliphatic carbocycles. The van der Waals surface area contributed by atoms with Crippen molar-refractivity contribution in [2.45, 2.75) is 12.8 Å². The molecule has 0 amide bonds. The molecule has 0 unspecified atom stereocenters. The summed E-state index contributed by atoms with van der Waals surface area (Å²) in [6.07, 6.45) is 3.77. The minimum Gasteiger partial charge on any atom is -0.214 e. The first-order valence-corrected chi connectivity index (χ1v) is 5.67. The van der Waals surface area contributed by atoms with E-state index in [0.717, 1.165) is 18.5 Å². The van der Waals surface area contributed by atoms with Gasteiger partial charge in [-0.25, -0.2) is 24.3 Å². The number of hydrogen-bond donors (Lipinski definition) is 1. The summed E-state index contributed by atoms with van der Waals surface area (Å²) in [4.78, 5) is 0. The fourth-order valence-corrected chi connectivity index (χ4v) is 1.52. The molecule has 2 aromatic carbocycles. The van der Waals surface area contributed by atoms with Crippen LogP contribution in [0.4, 0.5) is 0 Å². The standard InChI is InChI=1S/C9H10N3.C5H5.Fe/c1-2-4-8(3-1)5-6-9-7-10-12-11-9;1-2-4-5-3-1;/h1-4,7H,5-6H2,(H,10,11,12);1-5H;/q2*-1;+2. The van der Waals surface area contributed by atoms with Gasteiger partial charge in [-0.2, -0.15) is 51.3 Å². The fourth-order valence-electron chi connectivity index (χ4n) is 1.52. The molecule has 1 heterocycles. The predicted octanol–water partition coefficient (Wildman–Crippen LogP) is 2.71. The van der Waals surface area contributed by atoms with E-state index in [9.17, 15) is 0 Å². The molecule has 3 rings (SSSR count). The van der Waals surface area contributed by atoms with E-state index in [-0.39, 0.29) is 17.1 Å². The van der Waals surface area contributed by atoms with Gasteiger partial charge in [-0.3, -0.25) is 0 Å². The van der Waals surface area contributed by atoms with Crippen LogP contribution in [0.5, 0.6) is 0 Å². The maximum Gasteiger partial charge on any atom is 2.00 e. The molecule has 3 aromatic rings. The second kappa shape index (κ2) is 8.45. The van der Waals surface area contributed by atoms with Crippen LogP contribution in [-0.2, 0) is 29.9 Å². The van der Waals surface area contributed by atoms with Gasteiger partial charge in [0.15, 0.2) is 0 Å². The molecule has 4 heteroatoms. The Bertz CT molecular complexity index is 418. The van der Waals surface area contributed by atoms with E-state index in [2.05, 4.69) is 39.7 Å². The summed E-state index contributed by atoms with van der Waals surface area (Å²) < 4.78 is 0. The molecule has 1 aromatic heterocycles. The smallest absolute Gasteiger partial charge is 0.214 e. The summed E-state index contributed by atoms with van der Waals surface area (Å²) in [5.41, 5.74) is 2.38. The second-order valence-electron chi connectivity index (χ2n) is 3.72. The van der Waals surface area contributed by atoms with E-state index < -0.39 is 0 Å². The van der Waals surface area contributed by atoms with Crippen molar-refractivity contribution in [3.63, 3.8) is 0 Å². The van der Waals surface area contributed by atoms with E-state index in [1.54, 1.807) is 6.20 Å². The molecule has 0 aliphatic rings. The molecule has 0 bridgehead atoms. The molecule has 1 N–H and O–H groups in total. The Morgan fingerprint density at radius 3 is 2.33 bits per heavy atom. The number of nitrogens with zero attached hydrogens (tertiary/aromatic N) is 2. The molecule has 0 spiro atoms. The summed E-state index contributed by atoms with van der Waals surface area (Å²) in [6.45, 7) is 0. The number of nitrogens with one attached hydrogen (secondary N) is 1. The monoisotopic (exact) mass is 281 g/mol. The Balaban J connectivity index is 0.000000230. The first-order chi connectivity index (χ1) is 8.45. The van der Waals surface area contributed by atoms with Gasteiger partial charge in [0, 0.05) is 0 Å². The number of H-pyrrole nitrogens is 1. The zero-order valence-corrected chi connectivity index (χ0v) is 11.0. The van der Waals surface area contributed by atoms with Crippen molar-refractivity contribution in [3.8, 4) is 0 Å². The topological polar surface area (TPSA) is 41.6 Å². The molecule has 0 radical (unpaired) electrons. The third-order valence-corrected chi connectivity index (χ3v) is 2.42. The van der Waals surface area contributed by atoms with Gasteiger partial charge in [0.05, 0.1) is 11.9 Å². The second-order valence-corrected chi connectivity index (χ2v) is 3.72. The molecule has 94 valence electrons. The molecular formula is C14H15FeN3. The quantitative estimate of drug-likeness (QED) is 0.592. The maximum absolute atomic E-state index is 3.98. The van der Waals surface area contributed by atoms with Gasteiger partial charge in [-0.05, 0) is 6.42 Å². The van der Waals surface area contributed by atoms with Gasteiger partial charge < -0.3 is 0 Å². The predicted molar refractivity (Wildman–Crippen MR) is 67.9 cm³/mol. The number of aromatic amines is 1. The minimum absolute atomic E-state index is 0. The van der Waals surface area contributed by atoms with E-state index >= 15 is 0 Å². The van der Waals surface area contributed by atoms with Crippen LogP contribution in [0, 0.1) is 0 Å². The zero-order valence-electron chi connectivity index (χ0n) is 9.94. The first-order valence-electron chi connectivity index (χ1n) is 5.67. The Hall–Kier alpha value is -1.64.